The van der Waals surface area contributed by atoms with Crippen LogP contribution in [-0.2, 0) is 4.79 Å². The highest BCUT2D eigenvalue weighted by Gasteiger charge is 2.09. The number of ether oxygens (including phenoxy) is 1. The van der Waals surface area contributed by atoms with E-state index in [9.17, 15) is 18.0 Å². The van der Waals surface area contributed by atoms with Crippen LogP contribution in [-0.4, -0.2) is 6.47 Å². The molecule has 0 saturated carbocycles. The Bertz CT molecular complexity index is 890. The molecule has 0 aliphatic rings. The van der Waals surface area contributed by atoms with Crippen molar-refractivity contribution < 1.29 is 22.7 Å². The predicted octanol–water partition coefficient (Wildman–Crippen LogP) is 4.97. The molecule has 0 saturated heterocycles. The van der Waals surface area contributed by atoms with Gasteiger partial charge in [0.1, 0.15) is 11.6 Å². The number of carbonyl (C=O) groups excluding carboxylic acids is 1. The van der Waals surface area contributed by atoms with Crippen LogP contribution in [0.1, 0.15) is 0 Å². The maximum absolute atomic E-state index is 14.1. The Balaban J connectivity index is 1.91. The van der Waals surface area contributed by atoms with Crippen LogP contribution in [0.3, 0.4) is 0 Å². The maximum atomic E-state index is 14.1. The lowest BCUT2D eigenvalue weighted by atomic mass is 10.00. The molecule has 0 spiro atoms. The second kappa shape index (κ2) is 6.58. The van der Waals surface area contributed by atoms with E-state index >= 15 is 0 Å². The second-order valence-corrected chi connectivity index (χ2v) is 5.06. The van der Waals surface area contributed by atoms with Crippen molar-refractivity contribution in [2.75, 3.05) is 0 Å². The van der Waals surface area contributed by atoms with Crippen LogP contribution in [0.4, 0.5) is 13.2 Å². The molecule has 24 heavy (non-hydrogen) atoms. The lowest BCUT2D eigenvalue weighted by Gasteiger charge is -2.07. The van der Waals surface area contributed by atoms with Crippen molar-refractivity contribution in [3.05, 3.63) is 78.1 Å². The minimum Gasteiger partial charge on any atom is -0.429 e. The van der Waals surface area contributed by atoms with E-state index in [-0.39, 0.29) is 12.2 Å². The van der Waals surface area contributed by atoms with Crippen LogP contribution in [0.15, 0.2) is 60.7 Å². The number of hydrogen-bond acceptors (Lipinski definition) is 2. The van der Waals surface area contributed by atoms with Crippen molar-refractivity contribution in [3.8, 4) is 28.0 Å². The molecular formula is C19H11F3O2. The molecule has 120 valence electrons. The molecule has 3 rings (SSSR count). The zero-order valence-corrected chi connectivity index (χ0v) is 12.3. The van der Waals surface area contributed by atoms with E-state index in [4.69, 9.17) is 0 Å². The molecular weight excluding hydrogens is 317 g/mol. The van der Waals surface area contributed by atoms with E-state index in [0.717, 1.165) is 18.2 Å². The largest absolute Gasteiger partial charge is 0.429 e. The number of benzene rings is 3. The van der Waals surface area contributed by atoms with Gasteiger partial charge >= 0.3 is 0 Å². The monoisotopic (exact) mass is 328 g/mol. The first-order valence-corrected chi connectivity index (χ1v) is 7.04. The Labute approximate surface area is 136 Å². The molecule has 3 aromatic carbocycles. The molecule has 0 amide bonds. The molecule has 0 fully saturated rings. The van der Waals surface area contributed by atoms with Gasteiger partial charge in [-0.25, -0.2) is 13.2 Å². The molecule has 0 atom stereocenters. The van der Waals surface area contributed by atoms with Gasteiger partial charge in [0.15, 0.2) is 11.6 Å². The smallest absolute Gasteiger partial charge is 0.298 e. The van der Waals surface area contributed by atoms with Crippen molar-refractivity contribution >= 4 is 6.47 Å². The minimum atomic E-state index is -0.923. The standard InChI is InChI=1S/C19H11F3O2/c20-17-8-5-14(9-19(17)22)12-1-3-13(4-2-12)16-7-6-15(24-11-23)10-18(16)21/h1-11H. The van der Waals surface area contributed by atoms with Crippen molar-refractivity contribution in [1.29, 1.82) is 0 Å². The average Bonchev–Trinajstić information content (AvgIpc) is 2.58. The summed E-state index contributed by atoms with van der Waals surface area (Å²) in [7, 11) is 0. The summed E-state index contributed by atoms with van der Waals surface area (Å²) in [6, 6.07) is 14.5. The fourth-order valence-electron chi connectivity index (χ4n) is 2.38. The van der Waals surface area contributed by atoms with Gasteiger partial charge in [0.2, 0.25) is 0 Å². The van der Waals surface area contributed by atoms with Crippen molar-refractivity contribution in [2.24, 2.45) is 0 Å². The highest BCUT2D eigenvalue weighted by molar-refractivity contribution is 5.71. The third-order valence-corrected chi connectivity index (χ3v) is 3.57. The number of halogens is 3. The predicted molar refractivity (Wildman–Crippen MR) is 83.9 cm³/mol. The maximum Gasteiger partial charge on any atom is 0.298 e. The summed E-state index contributed by atoms with van der Waals surface area (Å²) in [5, 5.41) is 0. The molecule has 0 aromatic heterocycles. The van der Waals surface area contributed by atoms with E-state index in [0.29, 0.717) is 22.3 Å². The molecule has 2 nitrogen and oxygen atoms in total. The summed E-state index contributed by atoms with van der Waals surface area (Å²) in [6.45, 7) is 0.227. The first-order valence-electron chi connectivity index (χ1n) is 7.04. The fourth-order valence-corrected chi connectivity index (χ4v) is 2.38. The molecule has 0 aliphatic carbocycles. The van der Waals surface area contributed by atoms with Gasteiger partial charge < -0.3 is 4.74 Å². The topological polar surface area (TPSA) is 26.3 Å². The van der Waals surface area contributed by atoms with Gasteiger partial charge in [0.25, 0.3) is 6.47 Å². The van der Waals surface area contributed by atoms with Crippen LogP contribution in [0.5, 0.6) is 5.75 Å². The lowest BCUT2D eigenvalue weighted by molar-refractivity contribution is -0.120. The van der Waals surface area contributed by atoms with Crippen LogP contribution >= 0.6 is 0 Å². The Morgan fingerprint density at radius 1 is 0.667 bits per heavy atom. The summed E-state index contributed by atoms with van der Waals surface area (Å²) < 4.78 is 45.0. The van der Waals surface area contributed by atoms with E-state index in [1.807, 2.05) is 0 Å². The van der Waals surface area contributed by atoms with Crippen LogP contribution in [0.25, 0.3) is 22.3 Å². The quantitative estimate of drug-likeness (QED) is 0.632. The highest BCUT2D eigenvalue weighted by Crippen LogP contribution is 2.29. The molecule has 0 unspecified atom stereocenters. The number of hydrogen-bond donors (Lipinski definition) is 0. The summed E-state index contributed by atoms with van der Waals surface area (Å²) in [5.41, 5.74) is 2.15. The lowest BCUT2D eigenvalue weighted by Crippen LogP contribution is -1.91. The summed E-state index contributed by atoms with van der Waals surface area (Å²) in [6.07, 6.45) is 0. The van der Waals surface area contributed by atoms with Gasteiger partial charge in [-0.3, -0.25) is 4.79 Å². The molecule has 3 aromatic rings. The first kappa shape index (κ1) is 15.8. The Hall–Kier alpha value is -3.08. The molecule has 0 N–H and O–H groups in total. The Kier molecular flexibility index (Phi) is 4.33. The van der Waals surface area contributed by atoms with Gasteiger partial charge in [-0.1, -0.05) is 30.3 Å². The number of carbonyl (C=O) groups is 1. The van der Waals surface area contributed by atoms with E-state index in [1.165, 1.54) is 18.2 Å². The van der Waals surface area contributed by atoms with Crippen molar-refractivity contribution in [1.82, 2.24) is 0 Å². The van der Waals surface area contributed by atoms with Crippen molar-refractivity contribution in [2.45, 2.75) is 0 Å². The Morgan fingerprint density at radius 2 is 1.33 bits per heavy atom. The number of rotatable bonds is 4. The van der Waals surface area contributed by atoms with Gasteiger partial charge in [0, 0.05) is 11.6 Å². The molecule has 0 bridgehead atoms. The molecule has 0 radical (unpaired) electrons. The molecule has 0 aliphatic heterocycles. The van der Waals surface area contributed by atoms with Crippen LogP contribution in [0.2, 0.25) is 0 Å². The SMILES string of the molecule is O=COc1ccc(-c2ccc(-c3ccc(F)c(F)c3)cc2)c(F)c1. The zero-order chi connectivity index (χ0) is 17.1. The zero-order valence-electron chi connectivity index (χ0n) is 12.3. The third-order valence-electron chi connectivity index (χ3n) is 3.57. The van der Waals surface area contributed by atoms with Crippen LogP contribution in [0, 0.1) is 17.5 Å². The summed E-state index contributed by atoms with van der Waals surface area (Å²) >= 11 is 0. The van der Waals surface area contributed by atoms with Gasteiger partial charge in [-0.2, -0.15) is 0 Å². The van der Waals surface area contributed by atoms with E-state index < -0.39 is 17.5 Å². The average molecular weight is 328 g/mol. The van der Waals surface area contributed by atoms with Gasteiger partial charge in [-0.05, 0) is 41.0 Å². The Morgan fingerprint density at radius 3 is 1.96 bits per heavy atom. The van der Waals surface area contributed by atoms with E-state index in [2.05, 4.69) is 4.74 Å². The van der Waals surface area contributed by atoms with E-state index in [1.54, 1.807) is 24.3 Å². The second-order valence-electron chi connectivity index (χ2n) is 5.06. The third kappa shape index (κ3) is 3.15. The first-order chi connectivity index (χ1) is 11.6. The minimum absolute atomic E-state index is 0.115. The normalized spacial score (nSPS) is 10.5. The molecule has 5 heteroatoms. The summed E-state index contributed by atoms with van der Waals surface area (Å²) in [4.78, 5) is 10.3. The van der Waals surface area contributed by atoms with Gasteiger partial charge in [-0.15, -0.1) is 0 Å². The molecule has 0 heterocycles. The highest BCUT2D eigenvalue weighted by atomic mass is 19.2. The van der Waals surface area contributed by atoms with Crippen LogP contribution < -0.4 is 4.74 Å². The van der Waals surface area contributed by atoms with Gasteiger partial charge in [0.05, 0.1) is 0 Å². The van der Waals surface area contributed by atoms with Crippen molar-refractivity contribution in [3.63, 3.8) is 0 Å². The summed E-state index contributed by atoms with van der Waals surface area (Å²) in [5.74, 6) is -2.25. The fraction of sp³-hybridized carbons (Fsp3) is 0.